The Bertz CT molecular complexity index is 328. The van der Waals surface area contributed by atoms with Gasteiger partial charge in [0.25, 0.3) is 0 Å². The van der Waals surface area contributed by atoms with Crippen LogP contribution in [0.25, 0.3) is 0 Å². The standard InChI is InChI=1S/C15H25N/c1-11(2)10-16-14(5)9-15-7-6-12(3)13(4)8-15/h6-8,11,14,16H,9-10H2,1-5H3. The minimum Gasteiger partial charge on any atom is -0.314 e. The summed E-state index contributed by atoms with van der Waals surface area (Å²) in [6.45, 7) is 12.2. The van der Waals surface area contributed by atoms with Crippen molar-refractivity contribution in [3.8, 4) is 0 Å². The molecule has 0 bridgehead atoms. The van der Waals surface area contributed by atoms with Crippen molar-refractivity contribution in [3.05, 3.63) is 34.9 Å². The van der Waals surface area contributed by atoms with Crippen LogP contribution in [0.15, 0.2) is 18.2 Å². The first-order chi connectivity index (χ1) is 7.49. The smallest absolute Gasteiger partial charge is 0.00792 e. The molecule has 0 heterocycles. The van der Waals surface area contributed by atoms with Crippen molar-refractivity contribution in [3.63, 3.8) is 0 Å². The molecule has 1 unspecified atom stereocenters. The van der Waals surface area contributed by atoms with Gasteiger partial charge in [-0.3, -0.25) is 0 Å². The van der Waals surface area contributed by atoms with Crippen molar-refractivity contribution in [2.24, 2.45) is 5.92 Å². The van der Waals surface area contributed by atoms with Gasteiger partial charge >= 0.3 is 0 Å². The summed E-state index contributed by atoms with van der Waals surface area (Å²) in [5, 5.41) is 3.56. The van der Waals surface area contributed by atoms with Crippen molar-refractivity contribution < 1.29 is 0 Å². The summed E-state index contributed by atoms with van der Waals surface area (Å²) >= 11 is 0. The van der Waals surface area contributed by atoms with Gasteiger partial charge in [0.15, 0.2) is 0 Å². The van der Waals surface area contributed by atoms with E-state index >= 15 is 0 Å². The lowest BCUT2D eigenvalue weighted by atomic mass is 10.0. The Kier molecular flexibility index (Phi) is 5.01. The van der Waals surface area contributed by atoms with Gasteiger partial charge in [0.2, 0.25) is 0 Å². The van der Waals surface area contributed by atoms with E-state index in [1.54, 1.807) is 0 Å². The predicted octanol–water partition coefficient (Wildman–Crippen LogP) is 3.48. The molecule has 1 aromatic rings. The maximum Gasteiger partial charge on any atom is 0.00792 e. The largest absolute Gasteiger partial charge is 0.314 e. The Morgan fingerprint density at radius 1 is 1.06 bits per heavy atom. The van der Waals surface area contributed by atoms with Crippen LogP contribution >= 0.6 is 0 Å². The highest BCUT2D eigenvalue weighted by atomic mass is 14.9. The summed E-state index contributed by atoms with van der Waals surface area (Å²) in [6, 6.07) is 7.34. The average Bonchev–Trinajstić information content (AvgIpc) is 2.21. The van der Waals surface area contributed by atoms with Crippen molar-refractivity contribution in [1.29, 1.82) is 0 Å². The maximum absolute atomic E-state index is 3.56. The molecule has 0 aromatic heterocycles. The zero-order chi connectivity index (χ0) is 12.1. The van der Waals surface area contributed by atoms with Crippen LogP contribution in [-0.4, -0.2) is 12.6 Å². The van der Waals surface area contributed by atoms with Gasteiger partial charge in [-0.1, -0.05) is 32.0 Å². The number of hydrogen-bond donors (Lipinski definition) is 1. The van der Waals surface area contributed by atoms with Gasteiger partial charge < -0.3 is 5.32 Å². The van der Waals surface area contributed by atoms with Gasteiger partial charge in [0, 0.05) is 6.04 Å². The van der Waals surface area contributed by atoms with Gasteiger partial charge in [0.05, 0.1) is 0 Å². The number of rotatable bonds is 5. The van der Waals surface area contributed by atoms with Gasteiger partial charge in [0.1, 0.15) is 0 Å². The van der Waals surface area contributed by atoms with Crippen LogP contribution in [0.2, 0.25) is 0 Å². The Morgan fingerprint density at radius 2 is 1.75 bits per heavy atom. The molecule has 0 spiro atoms. The summed E-state index contributed by atoms with van der Waals surface area (Å²) in [6.07, 6.45) is 1.12. The molecule has 1 nitrogen and oxygen atoms in total. The van der Waals surface area contributed by atoms with E-state index in [4.69, 9.17) is 0 Å². The minimum atomic E-state index is 0.560. The van der Waals surface area contributed by atoms with Gasteiger partial charge in [-0.05, 0) is 56.3 Å². The molecule has 90 valence electrons. The highest BCUT2D eigenvalue weighted by molar-refractivity contribution is 5.30. The third kappa shape index (κ3) is 4.36. The lowest BCUT2D eigenvalue weighted by Gasteiger charge is -2.16. The Hall–Kier alpha value is -0.820. The normalized spacial score (nSPS) is 13.1. The number of nitrogens with one attached hydrogen (secondary N) is 1. The van der Waals surface area contributed by atoms with Crippen LogP contribution in [0, 0.1) is 19.8 Å². The lowest BCUT2D eigenvalue weighted by molar-refractivity contribution is 0.482. The fraction of sp³-hybridized carbons (Fsp3) is 0.600. The summed E-state index contributed by atoms with van der Waals surface area (Å²) in [5.74, 6) is 0.724. The molecule has 0 aliphatic heterocycles. The predicted molar refractivity (Wildman–Crippen MR) is 71.9 cm³/mol. The van der Waals surface area contributed by atoms with Gasteiger partial charge in [-0.2, -0.15) is 0 Å². The van der Waals surface area contributed by atoms with Crippen LogP contribution in [0.4, 0.5) is 0 Å². The first-order valence-corrected chi connectivity index (χ1v) is 6.28. The summed E-state index contributed by atoms with van der Waals surface area (Å²) < 4.78 is 0. The molecular formula is C15H25N. The first-order valence-electron chi connectivity index (χ1n) is 6.28. The van der Waals surface area contributed by atoms with Crippen molar-refractivity contribution in [2.75, 3.05) is 6.54 Å². The third-order valence-corrected chi connectivity index (χ3v) is 2.99. The summed E-state index contributed by atoms with van der Waals surface area (Å²) in [5.41, 5.74) is 4.21. The van der Waals surface area contributed by atoms with E-state index in [9.17, 15) is 0 Å². The monoisotopic (exact) mass is 219 g/mol. The van der Waals surface area contributed by atoms with E-state index in [0.717, 1.165) is 18.9 Å². The average molecular weight is 219 g/mol. The molecular weight excluding hydrogens is 194 g/mol. The second-order valence-corrected chi connectivity index (χ2v) is 5.33. The van der Waals surface area contributed by atoms with Crippen LogP contribution in [0.5, 0.6) is 0 Å². The van der Waals surface area contributed by atoms with E-state index < -0.39 is 0 Å². The fourth-order valence-corrected chi connectivity index (χ4v) is 1.79. The second-order valence-electron chi connectivity index (χ2n) is 5.33. The quantitative estimate of drug-likeness (QED) is 0.799. The van der Waals surface area contributed by atoms with Crippen molar-refractivity contribution in [1.82, 2.24) is 5.32 Å². The third-order valence-electron chi connectivity index (χ3n) is 2.99. The van der Waals surface area contributed by atoms with Crippen LogP contribution in [0.1, 0.15) is 37.5 Å². The van der Waals surface area contributed by atoms with E-state index in [1.165, 1.54) is 16.7 Å². The molecule has 0 fully saturated rings. The highest BCUT2D eigenvalue weighted by Crippen LogP contribution is 2.11. The molecule has 16 heavy (non-hydrogen) atoms. The highest BCUT2D eigenvalue weighted by Gasteiger charge is 2.04. The number of hydrogen-bond acceptors (Lipinski definition) is 1. The molecule has 1 heteroatoms. The molecule has 0 amide bonds. The molecule has 0 radical (unpaired) electrons. The zero-order valence-electron chi connectivity index (χ0n) is 11.3. The van der Waals surface area contributed by atoms with Gasteiger partial charge in [-0.25, -0.2) is 0 Å². The first kappa shape index (κ1) is 13.2. The fourth-order valence-electron chi connectivity index (χ4n) is 1.79. The Balaban J connectivity index is 2.49. The van der Waals surface area contributed by atoms with Crippen LogP contribution in [-0.2, 0) is 6.42 Å². The van der Waals surface area contributed by atoms with Crippen molar-refractivity contribution >= 4 is 0 Å². The maximum atomic E-state index is 3.56. The Labute approximate surface area is 100 Å². The molecule has 0 saturated carbocycles. The molecule has 1 N–H and O–H groups in total. The molecule has 1 rings (SSSR count). The van der Waals surface area contributed by atoms with E-state index in [1.807, 2.05) is 0 Å². The molecule has 1 aromatic carbocycles. The Morgan fingerprint density at radius 3 is 2.31 bits per heavy atom. The van der Waals surface area contributed by atoms with E-state index in [-0.39, 0.29) is 0 Å². The molecule has 0 aliphatic carbocycles. The number of aryl methyl sites for hydroxylation is 2. The molecule has 0 aliphatic rings. The van der Waals surface area contributed by atoms with E-state index in [0.29, 0.717) is 6.04 Å². The van der Waals surface area contributed by atoms with Gasteiger partial charge in [-0.15, -0.1) is 0 Å². The summed E-state index contributed by atoms with van der Waals surface area (Å²) in [7, 11) is 0. The lowest BCUT2D eigenvalue weighted by Crippen LogP contribution is -2.31. The topological polar surface area (TPSA) is 12.0 Å². The number of benzene rings is 1. The second kappa shape index (κ2) is 6.05. The summed E-state index contributed by atoms with van der Waals surface area (Å²) in [4.78, 5) is 0. The van der Waals surface area contributed by atoms with Crippen molar-refractivity contribution in [2.45, 2.75) is 47.1 Å². The SMILES string of the molecule is Cc1ccc(CC(C)NCC(C)C)cc1C. The molecule has 1 atom stereocenters. The zero-order valence-corrected chi connectivity index (χ0v) is 11.3. The molecule has 0 saturated heterocycles. The minimum absolute atomic E-state index is 0.560. The van der Waals surface area contributed by atoms with Crippen LogP contribution in [0.3, 0.4) is 0 Å². The van der Waals surface area contributed by atoms with E-state index in [2.05, 4.69) is 58.1 Å². The van der Waals surface area contributed by atoms with Crippen LogP contribution < -0.4 is 5.32 Å².